The van der Waals surface area contributed by atoms with Crippen molar-refractivity contribution in [2.75, 3.05) is 0 Å². The molecule has 3 rings (SSSR count). The molecule has 25 heavy (non-hydrogen) atoms. The van der Waals surface area contributed by atoms with Crippen molar-refractivity contribution in [2.45, 2.75) is 25.9 Å². The molecule has 1 unspecified atom stereocenters. The van der Waals surface area contributed by atoms with Crippen molar-refractivity contribution < 1.29 is 9.18 Å². The average Bonchev–Trinajstić information content (AvgIpc) is 2.97. The molecule has 1 aromatic carbocycles. The van der Waals surface area contributed by atoms with Gasteiger partial charge in [-0.15, -0.1) is 0 Å². The van der Waals surface area contributed by atoms with Crippen molar-refractivity contribution >= 4 is 16.9 Å². The van der Waals surface area contributed by atoms with Gasteiger partial charge in [0.2, 0.25) is 5.91 Å². The molecular weight excluding hydrogens is 325 g/mol. The second kappa shape index (κ2) is 6.84. The van der Waals surface area contributed by atoms with Crippen LogP contribution in [0.4, 0.5) is 4.39 Å². The molecular formula is C17H18FN5O2. The molecule has 0 spiro atoms. The van der Waals surface area contributed by atoms with Crippen LogP contribution >= 0.6 is 0 Å². The molecule has 0 saturated heterocycles. The van der Waals surface area contributed by atoms with E-state index < -0.39 is 0 Å². The van der Waals surface area contributed by atoms with Crippen LogP contribution in [0, 0.1) is 5.82 Å². The number of nitrogens with one attached hydrogen (secondary N) is 1. The van der Waals surface area contributed by atoms with Crippen molar-refractivity contribution in [1.82, 2.24) is 24.6 Å². The summed E-state index contributed by atoms with van der Waals surface area (Å²) in [6.07, 6.45) is 3.03. The highest BCUT2D eigenvalue weighted by atomic mass is 19.1. The van der Waals surface area contributed by atoms with E-state index in [4.69, 9.17) is 0 Å². The molecule has 130 valence electrons. The Morgan fingerprint density at radius 1 is 1.32 bits per heavy atom. The average molecular weight is 343 g/mol. The van der Waals surface area contributed by atoms with Gasteiger partial charge in [-0.2, -0.15) is 5.10 Å². The summed E-state index contributed by atoms with van der Waals surface area (Å²) >= 11 is 0. The number of rotatable bonds is 5. The van der Waals surface area contributed by atoms with E-state index in [9.17, 15) is 14.0 Å². The third-order valence-electron chi connectivity index (χ3n) is 4.05. The fraction of sp³-hybridized carbons (Fsp3) is 0.294. The number of aromatic nitrogens is 4. The van der Waals surface area contributed by atoms with Crippen LogP contribution in [0.2, 0.25) is 0 Å². The molecule has 2 aromatic heterocycles. The van der Waals surface area contributed by atoms with Gasteiger partial charge in [-0.05, 0) is 24.6 Å². The molecule has 8 heteroatoms. The first-order valence-electron chi connectivity index (χ1n) is 7.87. The Labute approximate surface area is 143 Å². The van der Waals surface area contributed by atoms with Crippen molar-refractivity contribution in [2.24, 2.45) is 7.05 Å². The fourth-order valence-corrected chi connectivity index (χ4v) is 2.60. The van der Waals surface area contributed by atoms with Crippen LogP contribution in [0.25, 0.3) is 11.0 Å². The lowest BCUT2D eigenvalue weighted by atomic mass is 10.1. The van der Waals surface area contributed by atoms with Gasteiger partial charge in [0.25, 0.3) is 5.56 Å². The first kappa shape index (κ1) is 16.8. The molecule has 0 bridgehead atoms. The number of hydrogen-bond acceptors (Lipinski definition) is 4. The van der Waals surface area contributed by atoms with Gasteiger partial charge >= 0.3 is 0 Å². The van der Waals surface area contributed by atoms with E-state index in [1.807, 2.05) is 6.92 Å². The zero-order valence-corrected chi connectivity index (χ0v) is 13.9. The Balaban J connectivity index is 1.63. The zero-order valence-electron chi connectivity index (χ0n) is 13.9. The molecule has 3 aromatic rings. The largest absolute Gasteiger partial charge is 0.350 e. The number of aryl methyl sites for hydroxylation is 2. The lowest BCUT2D eigenvalue weighted by molar-refractivity contribution is -0.121. The third-order valence-corrected chi connectivity index (χ3v) is 4.05. The number of fused-ring (bicyclic) bond motifs is 1. The van der Waals surface area contributed by atoms with Crippen LogP contribution in [0.3, 0.4) is 0 Å². The molecule has 7 nitrogen and oxygen atoms in total. The van der Waals surface area contributed by atoms with E-state index in [0.717, 1.165) is 5.56 Å². The topological polar surface area (TPSA) is 81.8 Å². The minimum atomic E-state index is -0.319. The van der Waals surface area contributed by atoms with Crippen LogP contribution in [-0.2, 0) is 18.4 Å². The summed E-state index contributed by atoms with van der Waals surface area (Å²) < 4.78 is 15.9. The number of nitrogens with zero attached hydrogens (tertiary/aromatic N) is 4. The highest BCUT2D eigenvalue weighted by Crippen LogP contribution is 2.13. The number of carbonyl (C=O) groups excluding carboxylic acids is 1. The second-order valence-corrected chi connectivity index (χ2v) is 5.84. The van der Waals surface area contributed by atoms with Crippen LogP contribution < -0.4 is 10.9 Å². The molecule has 1 amide bonds. The molecule has 0 aliphatic carbocycles. The first-order valence-corrected chi connectivity index (χ1v) is 7.87. The zero-order chi connectivity index (χ0) is 18.0. The van der Waals surface area contributed by atoms with Crippen molar-refractivity contribution in [3.05, 3.63) is 58.5 Å². The van der Waals surface area contributed by atoms with Gasteiger partial charge in [-0.1, -0.05) is 12.1 Å². The minimum absolute atomic E-state index is 0.138. The maximum absolute atomic E-state index is 12.9. The summed E-state index contributed by atoms with van der Waals surface area (Å²) in [6.45, 7) is 2.04. The Bertz CT molecular complexity index is 961. The number of halogens is 1. The molecule has 0 saturated carbocycles. The SMILES string of the molecule is CC(NC(=O)CCn1cnc2c(cnn2C)c1=O)c1ccc(F)cc1. The Morgan fingerprint density at radius 3 is 2.76 bits per heavy atom. The standard InChI is InChI=1S/C17H18FN5O2/c1-11(12-3-5-13(18)6-4-12)21-15(24)7-8-23-10-19-16-14(17(23)25)9-20-22(16)2/h3-6,9-11H,7-8H2,1-2H3,(H,21,24). The minimum Gasteiger partial charge on any atom is -0.350 e. The lowest BCUT2D eigenvalue weighted by Crippen LogP contribution is -2.29. The number of hydrogen-bond donors (Lipinski definition) is 1. The fourth-order valence-electron chi connectivity index (χ4n) is 2.60. The summed E-state index contributed by atoms with van der Waals surface area (Å²) in [7, 11) is 1.71. The maximum Gasteiger partial charge on any atom is 0.264 e. The van der Waals surface area contributed by atoms with Crippen molar-refractivity contribution in [1.29, 1.82) is 0 Å². The molecule has 0 aliphatic rings. The van der Waals surface area contributed by atoms with E-state index in [2.05, 4.69) is 15.4 Å². The van der Waals surface area contributed by atoms with Gasteiger partial charge in [0.15, 0.2) is 5.65 Å². The third kappa shape index (κ3) is 3.57. The normalized spacial score (nSPS) is 12.3. The smallest absolute Gasteiger partial charge is 0.264 e. The molecule has 1 N–H and O–H groups in total. The molecule has 2 heterocycles. The van der Waals surface area contributed by atoms with Gasteiger partial charge < -0.3 is 5.32 Å². The first-order chi connectivity index (χ1) is 12.0. The van der Waals surface area contributed by atoms with Gasteiger partial charge in [0.05, 0.1) is 18.6 Å². The monoisotopic (exact) mass is 343 g/mol. The summed E-state index contributed by atoms with van der Waals surface area (Å²) in [5, 5.41) is 7.26. The van der Waals surface area contributed by atoms with Crippen LogP contribution in [-0.4, -0.2) is 25.2 Å². The predicted octanol–water partition coefficient (Wildman–Crippen LogP) is 1.54. The summed E-state index contributed by atoms with van der Waals surface area (Å²) in [5.41, 5.74) is 1.10. The van der Waals surface area contributed by atoms with Crippen LogP contribution in [0.15, 0.2) is 41.6 Å². The van der Waals surface area contributed by atoms with Gasteiger partial charge in [-0.25, -0.2) is 9.37 Å². The van der Waals surface area contributed by atoms with E-state index in [1.54, 1.807) is 19.2 Å². The molecule has 0 aliphatic heterocycles. The summed E-state index contributed by atoms with van der Waals surface area (Å²) in [5.74, 6) is -0.519. The molecule has 1 atom stereocenters. The van der Waals surface area contributed by atoms with Crippen LogP contribution in [0.1, 0.15) is 24.9 Å². The van der Waals surface area contributed by atoms with Gasteiger partial charge in [0, 0.05) is 20.0 Å². The highest BCUT2D eigenvalue weighted by Gasteiger charge is 2.12. The number of carbonyl (C=O) groups is 1. The quantitative estimate of drug-likeness (QED) is 0.762. The van der Waals surface area contributed by atoms with E-state index in [0.29, 0.717) is 11.0 Å². The predicted molar refractivity (Wildman–Crippen MR) is 90.3 cm³/mol. The highest BCUT2D eigenvalue weighted by molar-refractivity contribution is 5.76. The van der Waals surface area contributed by atoms with E-state index >= 15 is 0 Å². The van der Waals surface area contributed by atoms with Crippen LogP contribution in [0.5, 0.6) is 0 Å². The summed E-state index contributed by atoms with van der Waals surface area (Å²) in [4.78, 5) is 28.6. The Kier molecular flexibility index (Phi) is 4.60. The number of amides is 1. The van der Waals surface area contributed by atoms with Gasteiger partial charge in [-0.3, -0.25) is 18.8 Å². The van der Waals surface area contributed by atoms with Crippen molar-refractivity contribution in [3.63, 3.8) is 0 Å². The Hall–Kier alpha value is -3.03. The van der Waals surface area contributed by atoms with E-state index in [1.165, 1.54) is 33.9 Å². The number of benzene rings is 1. The van der Waals surface area contributed by atoms with Crippen molar-refractivity contribution in [3.8, 4) is 0 Å². The van der Waals surface area contributed by atoms with E-state index in [-0.39, 0.29) is 36.3 Å². The summed E-state index contributed by atoms with van der Waals surface area (Å²) in [6, 6.07) is 5.72. The Morgan fingerprint density at radius 2 is 2.04 bits per heavy atom. The lowest BCUT2D eigenvalue weighted by Gasteiger charge is -2.14. The van der Waals surface area contributed by atoms with Gasteiger partial charge in [0.1, 0.15) is 11.2 Å². The second-order valence-electron chi connectivity index (χ2n) is 5.84. The maximum atomic E-state index is 12.9. The molecule has 0 radical (unpaired) electrons. The molecule has 0 fully saturated rings.